The normalized spacial score (nSPS) is 13.9. The van der Waals surface area contributed by atoms with E-state index >= 15 is 0 Å². The van der Waals surface area contributed by atoms with Crippen molar-refractivity contribution in [3.8, 4) is 40.0 Å². The van der Waals surface area contributed by atoms with Crippen molar-refractivity contribution in [3.63, 3.8) is 0 Å². The topological polar surface area (TPSA) is 215 Å². The summed E-state index contributed by atoms with van der Waals surface area (Å²) in [6, 6.07) is 37.4. The highest BCUT2D eigenvalue weighted by Gasteiger charge is 2.38. The van der Waals surface area contributed by atoms with Gasteiger partial charge in [0.25, 0.3) is 0 Å². The number of aromatic nitrogens is 8. The van der Waals surface area contributed by atoms with Crippen molar-refractivity contribution in [2.45, 2.75) is 166 Å². The first-order chi connectivity index (χ1) is 54.6. The Morgan fingerprint density at radius 1 is 0.359 bits per heavy atom. The number of rotatable bonds is 17. The Bertz CT molecular complexity index is 5710. The highest BCUT2D eigenvalue weighted by atomic mass is 19.4. The van der Waals surface area contributed by atoms with Crippen LogP contribution in [0.4, 0.5) is 80.9 Å². The SMILES string of the molecule is Cc1ccc2nc(NC(=O)CC(C)(C)C)n(-c3ccc(F)c(F)c3)c2c1.Cc1ccc2nc(NC(=O)CC(C)(C)C)n(-c3ccc(OC(F)(F)F)c(F)c3)c2c1.Cc1ccc2nc(NC(=O)CC3(C)CCC3)n(-c3ccc(OC(F)(F)F)c(F)c3)c2c1.Cc1ccc2nc(NC(=O)CC3(C)CCC3)n(-c3ccc(OC(F)(F)F)cc3)c2c1. The minimum Gasteiger partial charge on any atom is -0.406 e. The molecule has 32 heteroatoms. The second-order valence-corrected chi connectivity index (χ2v) is 32.4. The molecule has 2 aliphatic carbocycles. The van der Waals surface area contributed by atoms with Crippen molar-refractivity contribution in [1.29, 1.82) is 0 Å². The third kappa shape index (κ3) is 22.4. The number of imidazole rings is 4. The molecular weight excluding hydrogens is 1550 g/mol. The van der Waals surface area contributed by atoms with Crippen LogP contribution in [-0.4, -0.2) is 80.9 Å². The standard InChI is InChI=1S/C22H21F4N3O2.C22H22F3N3O2.C21H21F4N3O2.C20H21F2N3O/c1-13-4-6-16-17(10-13)29(14-5-7-18(15(23)11-14)31-22(24,25)26)20(27-16)28-19(30)12-21(2)8-3-9-21;1-14-4-9-17-18(12-14)28(15-5-7-16(8-6-15)30-22(23,24)25)20(26-17)27-19(29)13-21(2)10-3-11-21;1-12-5-7-15-16(9-12)28(19(26-15)27-18(29)11-20(2,3)4)13-6-8-17(14(22)10-13)30-21(23,24)25;1-12-5-8-16-17(9-12)25(13-6-7-14(21)15(22)10-13)19(23-16)24-18(26)11-20(2,3)4/h4-7,10-11H,3,8-9,12H2,1-2H3,(H,27,28,30);4-9,12H,3,10-11,13H2,1-2H3,(H,26,27,29);5-10H,11H2,1-4H3,(H,26,27,29);5-10H,11H2,1-4H3,(H,23,24,26). The number of amides is 4. The number of benzene rings is 8. The highest BCUT2D eigenvalue weighted by Crippen LogP contribution is 2.45. The van der Waals surface area contributed by atoms with E-state index in [0.717, 1.165) is 103 Å². The Morgan fingerprint density at radius 3 is 0.915 bits per heavy atom. The molecule has 12 aromatic rings. The zero-order chi connectivity index (χ0) is 85.2. The maximum absolute atomic E-state index is 14.4. The molecule has 0 aliphatic heterocycles. The molecule has 0 unspecified atom stereocenters. The zero-order valence-electron chi connectivity index (χ0n) is 65.9. The number of carbonyl (C=O) groups is 4. The molecule has 0 radical (unpaired) electrons. The van der Waals surface area contributed by atoms with Gasteiger partial charge in [-0.25, -0.2) is 37.5 Å². The molecule has 0 spiro atoms. The first kappa shape index (κ1) is 85.9. The third-order valence-corrected chi connectivity index (χ3v) is 19.2. The Balaban J connectivity index is 0.000000153. The Hall–Kier alpha value is -12.0. The van der Waals surface area contributed by atoms with Crippen LogP contribution in [0, 0.1) is 72.6 Å². The average Bonchev–Trinajstić information content (AvgIpc) is 1.65. The number of aryl methyl sites for hydroxylation is 4. The molecule has 19 nitrogen and oxygen atoms in total. The summed E-state index contributed by atoms with van der Waals surface area (Å²) in [5.74, 6) is -6.28. The number of hydrogen-bond acceptors (Lipinski definition) is 11. The van der Waals surface area contributed by atoms with Gasteiger partial charge in [-0.3, -0.25) is 58.7 Å². The Labute approximate surface area is 663 Å². The molecule has 14 rings (SSSR count). The summed E-state index contributed by atoms with van der Waals surface area (Å²) in [6.07, 6.45) is -7.26. The summed E-state index contributed by atoms with van der Waals surface area (Å²) < 4.78 is 186. The van der Waals surface area contributed by atoms with Crippen molar-refractivity contribution in [2.75, 3.05) is 21.3 Å². The number of fused-ring (bicyclic) bond motifs is 4. The van der Waals surface area contributed by atoms with Crippen LogP contribution in [0.1, 0.15) is 142 Å². The van der Waals surface area contributed by atoms with E-state index in [2.05, 4.69) is 69.3 Å². The summed E-state index contributed by atoms with van der Waals surface area (Å²) in [4.78, 5) is 68.0. The van der Waals surface area contributed by atoms with E-state index in [1.165, 1.54) is 51.6 Å². The van der Waals surface area contributed by atoms with E-state index in [-0.39, 0.29) is 86.7 Å². The Kier molecular flexibility index (Phi) is 24.7. The molecule has 2 fully saturated rings. The first-order valence-corrected chi connectivity index (χ1v) is 37.2. The highest BCUT2D eigenvalue weighted by molar-refractivity contribution is 5.96. The fraction of sp³-hybridized carbons (Fsp3) is 0.341. The van der Waals surface area contributed by atoms with Crippen molar-refractivity contribution >= 4 is 91.6 Å². The molecule has 4 amide bonds. The number of alkyl halides is 9. The van der Waals surface area contributed by atoms with Gasteiger partial charge in [-0.2, -0.15) is 0 Å². The van der Waals surface area contributed by atoms with Gasteiger partial charge in [-0.15, -0.1) is 39.5 Å². The first-order valence-electron chi connectivity index (χ1n) is 37.2. The molecule has 2 aliphatic rings. The average molecular weight is 1630 g/mol. The van der Waals surface area contributed by atoms with E-state index in [9.17, 15) is 76.3 Å². The molecule has 0 atom stereocenters. The lowest BCUT2D eigenvalue weighted by Crippen LogP contribution is -2.31. The summed E-state index contributed by atoms with van der Waals surface area (Å²) in [6.45, 7) is 23.4. The summed E-state index contributed by atoms with van der Waals surface area (Å²) >= 11 is 0. The van der Waals surface area contributed by atoms with Crippen LogP contribution >= 0.6 is 0 Å². The fourth-order valence-electron chi connectivity index (χ4n) is 13.5. The number of anilines is 4. The van der Waals surface area contributed by atoms with Crippen LogP contribution in [0.25, 0.3) is 66.9 Å². The van der Waals surface area contributed by atoms with E-state index in [1.807, 2.05) is 124 Å². The molecule has 8 aromatic carbocycles. The summed E-state index contributed by atoms with van der Waals surface area (Å²) in [5.41, 5.74) is 9.79. The largest absolute Gasteiger partial charge is 0.573 e. The van der Waals surface area contributed by atoms with Gasteiger partial charge >= 0.3 is 19.1 Å². The molecule has 117 heavy (non-hydrogen) atoms. The van der Waals surface area contributed by atoms with Gasteiger partial charge in [0, 0.05) is 49.6 Å². The smallest absolute Gasteiger partial charge is 0.406 e. The second kappa shape index (κ2) is 33.7. The fourth-order valence-corrected chi connectivity index (χ4v) is 13.5. The van der Waals surface area contributed by atoms with Crippen LogP contribution in [0.2, 0.25) is 0 Å². The minimum atomic E-state index is -5.01. The minimum absolute atomic E-state index is 0.0219. The summed E-state index contributed by atoms with van der Waals surface area (Å²) in [7, 11) is 0. The number of hydrogen-bond donors (Lipinski definition) is 4. The van der Waals surface area contributed by atoms with E-state index < -0.39 is 53.9 Å². The molecule has 4 N–H and O–H groups in total. The van der Waals surface area contributed by atoms with Gasteiger partial charge in [0.05, 0.1) is 61.2 Å². The second-order valence-electron chi connectivity index (χ2n) is 32.4. The van der Waals surface area contributed by atoms with Gasteiger partial charge in [0.15, 0.2) is 34.8 Å². The van der Waals surface area contributed by atoms with Crippen molar-refractivity contribution in [2.24, 2.45) is 21.7 Å². The van der Waals surface area contributed by atoms with Crippen LogP contribution in [0.5, 0.6) is 17.2 Å². The number of carbonyl (C=O) groups excluding carboxylic acids is 4. The van der Waals surface area contributed by atoms with Gasteiger partial charge in [0.2, 0.25) is 47.4 Å². The van der Waals surface area contributed by atoms with E-state index in [4.69, 9.17) is 0 Å². The lowest BCUT2D eigenvalue weighted by Gasteiger charge is -2.37. The Morgan fingerprint density at radius 2 is 0.641 bits per heavy atom. The molecule has 4 aromatic heterocycles. The van der Waals surface area contributed by atoms with E-state index in [0.29, 0.717) is 75.2 Å². The van der Waals surface area contributed by atoms with Gasteiger partial charge in [-0.05, 0) is 206 Å². The predicted octanol–water partition coefficient (Wildman–Crippen LogP) is 22.4. The summed E-state index contributed by atoms with van der Waals surface area (Å²) in [5, 5.41) is 11.2. The van der Waals surface area contributed by atoms with Gasteiger partial charge < -0.3 is 14.2 Å². The molecule has 0 saturated heterocycles. The maximum Gasteiger partial charge on any atom is 0.573 e. The van der Waals surface area contributed by atoms with Crippen molar-refractivity contribution in [1.82, 2.24) is 38.2 Å². The number of halogens is 13. The van der Waals surface area contributed by atoms with Crippen LogP contribution in [0.3, 0.4) is 0 Å². The van der Waals surface area contributed by atoms with Crippen LogP contribution in [0.15, 0.2) is 152 Å². The monoisotopic (exact) mass is 1630 g/mol. The molecule has 618 valence electrons. The number of nitrogens with zero attached hydrogens (tertiary/aromatic N) is 8. The third-order valence-electron chi connectivity index (χ3n) is 19.2. The van der Waals surface area contributed by atoms with Gasteiger partial charge in [0.1, 0.15) is 5.75 Å². The van der Waals surface area contributed by atoms with Crippen LogP contribution < -0.4 is 35.5 Å². The van der Waals surface area contributed by atoms with Crippen LogP contribution in [-0.2, 0) is 19.2 Å². The molecule has 0 bridgehead atoms. The zero-order valence-corrected chi connectivity index (χ0v) is 65.9. The molecule has 4 heterocycles. The van der Waals surface area contributed by atoms with Crippen molar-refractivity contribution in [3.05, 3.63) is 197 Å². The predicted molar refractivity (Wildman–Crippen MR) is 419 cm³/mol. The van der Waals surface area contributed by atoms with E-state index in [1.54, 1.807) is 27.3 Å². The lowest BCUT2D eigenvalue weighted by molar-refractivity contribution is -0.276. The number of ether oxygens (including phenoxy) is 3. The molecular formula is C85H85F13N12O7. The molecule has 2 saturated carbocycles. The number of nitrogens with one attached hydrogen (secondary N) is 4. The lowest BCUT2D eigenvalue weighted by atomic mass is 9.68. The quantitative estimate of drug-likeness (QED) is 0.0629. The van der Waals surface area contributed by atoms with Crippen molar-refractivity contribution < 1.29 is 90.5 Å². The maximum atomic E-state index is 14.4. The van der Waals surface area contributed by atoms with Gasteiger partial charge in [-0.1, -0.05) is 92.5 Å².